The number of hydrogen-bond donors (Lipinski definition) is 3. The van der Waals surface area contributed by atoms with Gasteiger partial charge in [-0.25, -0.2) is 10.4 Å². The summed E-state index contributed by atoms with van der Waals surface area (Å²) in [4.78, 5) is 28.3. The van der Waals surface area contributed by atoms with E-state index in [2.05, 4.69) is 52.7 Å². The van der Waals surface area contributed by atoms with Crippen LogP contribution in [-0.4, -0.2) is 29.6 Å². The lowest BCUT2D eigenvalue weighted by atomic mass is 10.1. The Hall–Kier alpha value is -3.54. The second-order valence-electron chi connectivity index (χ2n) is 7.37. The van der Waals surface area contributed by atoms with Crippen LogP contribution < -0.4 is 21.2 Å². The topological polar surface area (TPSA) is 119 Å². The van der Waals surface area contributed by atoms with Crippen LogP contribution >= 0.6 is 43.2 Å². The van der Waals surface area contributed by atoms with Crippen molar-refractivity contribution in [2.24, 2.45) is 10.8 Å². The molecule has 0 atom stereocenters. The van der Waals surface area contributed by atoms with Crippen LogP contribution in [0.1, 0.15) is 15.9 Å². The van der Waals surface area contributed by atoms with Crippen molar-refractivity contribution in [3.8, 4) is 17.0 Å². The first-order valence-electron chi connectivity index (χ1n) is 10.5. The molecule has 0 aliphatic rings. The molecule has 4 aromatic rings. The molecule has 0 spiro atoms. The maximum atomic E-state index is 12.6. The molecule has 0 saturated carbocycles. The van der Waals surface area contributed by atoms with Crippen LogP contribution in [0.25, 0.3) is 11.3 Å². The lowest BCUT2D eigenvalue weighted by Gasteiger charge is -2.10. The first-order valence-corrected chi connectivity index (χ1v) is 13.0. The van der Waals surface area contributed by atoms with E-state index in [9.17, 15) is 9.59 Å². The van der Waals surface area contributed by atoms with Gasteiger partial charge in [-0.15, -0.1) is 11.3 Å². The largest absolute Gasteiger partial charge is 0.482 e. The minimum atomic E-state index is -0.606. The first kappa shape index (κ1) is 25.5. The summed E-state index contributed by atoms with van der Waals surface area (Å²) in [6.45, 7) is -0.289. The summed E-state index contributed by atoms with van der Waals surface area (Å²) in [6.07, 6.45) is 1.43. The Bertz CT molecular complexity index is 1410. The highest BCUT2D eigenvalue weighted by molar-refractivity contribution is 9.11. The van der Waals surface area contributed by atoms with Crippen LogP contribution in [0, 0.1) is 0 Å². The van der Waals surface area contributed by atoms with Gasteiger partial charge in [0, 0.05) is 32.2 Å². The number of primary amides is 1. The number of rotatable bonds is 9. The minimum Gasteiger partial charge on any atom is -0.482 e. The smallest absolute Gasteiger partial charge is 0.271 e. The predicted octanol–water partition coefficient (Wildman–Crippen LogP) is 5.71. The number of carbonyl (C=O) groups is 2. The number of carbonyl (C=O) groups excluding carboxylic acids is 2. The highest BCUT2D eigenvalue weighted by Gasteiger charge is 2.11. The SMILES string of the molecule is NC(=O)COc1c(Br)cc(Br)cc1/C=N/NC(=O)c1ccc(-c2csc(Nc3ccccc3)n2)cc1. The van der Waals surface area contributed by atoms with E-state index in [1.807, 2.05) is 47.8 Å². The van der Waals surface area contributed by atoms with E-state index in [1.54, 1.807) is 24.3 Å². The number of nitrogens with one attached hydrogen (secondary N) is 2. The average molecular weight is 629 g/mol. The molecule has 4 rings (SSSR count). The molecule has 2 amide bonds. The average Bonchev–Trinajstić information content (AvgIpc) is 3.32. The first-order chi connectivity index (χ1) is 17.4. The zero-order valence-corrected chi connectivity index (χ0v) is 22.6. The fourth-order valence-corrected chi connectivity index (χ4v) is 5.21. The summed E-state index contributed by atoms with van der Waals surface area (Å²) < 4.78 is 6.82. The van der Waals surface area contributed by atoms with E-state index >= 15 is 0 Å². The minimum absolute atomic E-state index is 0.289. The number of ether oxygens (including phenoxy) is 1. The van der Waals surface area contributed by atoms with Crippen molar-refractivity contribution in [1.29, 1.82) is 0 Å². The molecule has 182 valence electrons. The summed E-state index contributed by atoms with van der Waals surface area (Å²) in [5.74, 6) is -0.606. The van der Waals surface area contributed by atoms with Gasteiger partial charge in [-0.2, -0.15) is 5.10 Å². The Balaban J connectivity index is 1.40. The van der Waals surface area contributed by atoms with Crippen molar-refractivity contribution in [3.05, 3.63) is 92.2 Å². The lowest BCUT2D eigenvalue weighted by Crippen LogP contribution is -2.21. The molecule has 1 aromatic heterocycles. The summed E-state index contributed by atoms with van der Waals surface area (Å²) in [6, 6.07) is 20.4. The molecule has 1 heterocycles. The van der Waals surface area contributed by atoms with Crippen molar-refractivity contribution >= 4 is 72.0 Å². The zero-order chi connectivity index (χ0) is 25.5. The number of halogens is 2. The molecule has 36 heavy (non-hydrogen) atoms. The summed E-state index contributed by atoms with van der Waals surface area (Å²) in [5.41, 5.74) is 11.3. The van der Waals surface area contributed by atoms with Gasteiger partial charge in [-0.3, -0.25) is 9.59 Å². The number of anilines is 2. The van der Waals surface area contributed by atoms with Gasteiger partial charge in [0.15, 0.2) is 11.7 Å². The molecule has 11 heteroatoms. The second kappa shape index (κ2) is 11.9. The molecule has 0 radical (unpaired) electrons. The summed E-state index contributed by atoms with van der Waals surface area (Å²) in [5, 5.41) is 10.0. The van der Waals surface area contributed by atoms with Crippen molar-refractivity contribution < 1.29 is 14.3 Å². The Morgan fingerprint density at radius 3 is 2.56 bits per heavy atom. The molecular formula is C25H19Br2N5O3S. The van der Waals surface area contributed by atoms with Gasteiger partial charge in [0.25, 0.3) is 11.8 Å². The van der Waals surface area contributed by atoms with E-state index in [0.717, 1.165) is 26.5 Å². The lowest BCUT2D eigenvalue weighted by molar-refractivity contribution is -0.119. The van der Waals surface area contributed by atoms with E-state index < -0.39 is 5.91 Å². The van der Waals surface area contributed by atoms with Crippen molar-refractivity contribution in [2.75, 3.05) is 11.9 Å². The number of para-hydroxylation sites is 1. The van der Waals surface area contributed by atoms with E-state index in [-0.39, 0.29) is 12.5 Å². The van der Waals surface area contributed by atoms with Gasteiger partial charge < -0.3 is 15.8 Å². The fraction of sp³-hybridized carbons (Fsp3) is 0.0400. The Kier molecular flexibility index (Phi) is 8.47. The highest BCUT2D eigenvalue weighted by atomic mass is 79.9. The summed E-state index contributed by atoms with van der Waals surface area (Å²) >= 11 is 8.28. The van der Waals surface area contributed by atoms with Crippen LogP contribution in [-0.2, 0) is 4.79 Å². The quantitative estimate of drug-likeness (QED) is 0.162. The van der Waals surface area contributed by atoms with E-state index in [4.69, 9.17) is 10.5 Å². The van der Waals surface area contributed by atoms with E-state index in [0.29, 0.717) is 21.3 Å². The predicted molar refractivity (Wildman–Crippen MR) is 149 cm³/mol. The Morgan fingerprint density at radius 2 is 1.83 bits per heavy atom. The number of nitrogens with two attached hydrogens (primary N) is 1. The van der Waals surface area contributed by atoms with Gasteiger partial charge in [0.2, 0.25) is 0 Å². The molecule has 8 nitrogen and oxygen atoms in total. The molecule has 0 aliphatic carbocycles. The number of thiazole rings is 1. The third-order valence-corrected chi connectivity index (χ3v) is 6.54. The highest BCUT2D eigenvalue weighted by Crippen LogP contribution is 2.32. The number of hydrogen-bond acceptors (Lipinski definition) is 7. The van der Waals surface area contributed by atoms with Gasteiger partial charge in [0.05, 0.1) is 16.4 Å². The maximum absolute atomic E-state index is 12.6. The molecular weight excluding hydrogens is 610 g/mol. The molecule has 0 unspecified atom stereocenters. The molecule has 3 aromatic carbocycles. The van der Waals surface area contributed by atoms with Crippen LogP contribution in [0.15, 0.2) is 86.2 Å². The Morgan fingerprint density at radius 1 is 1.08 bits per heavy atom. The number of nitrogens with zero attached hydrogens (tertiary/aromatic N) is 2. The molecule has 0 aliphatic heterocycles. The standard InChI is InChI=1S/C25H19Br2N5O3S/c26-18-10-17(23(20(27)11-18)35-13-22(28)33)12-29-32-24(34)16-8-6-15(7-9-16)21-14-36-25(31-21)30-19-4-2-1-3-5-19/h1-12,14H,13H2,(H2,28,33)(H,30,31)(H,32,34)/b29-12+. The molecule has 0 bridgehead atoms. The van der Waals surface area contributed by atoms with Gasteiger partial charge in [-0.1, -0.05) is 46.3 Å². The normalized spacial score (nSPS) is 10.8. The van der Waals surface area contributed by atoms with Crippen LogP contribution in [0.3, 0.4) is 0 Å². The number of hydrazone groups is 1. The van der Waals surface area contributed by atoms with Crippen LogP contribution in [0.4, 0.5) is 10.8 Å². The van der Waals surface area contributed by atoms with Crippen molar-refractivity contribution in [1.82, 2.24) is 10.4 Å². The second-order valence-corrected chi connectivity index (χ2v) is 9.99. The van der Waals surface area contributed by atoms with Crippen LogP contribution in [0.2, 0.25) is 0 Å². The zero-order valence-electron chi connectivity index (χ0n) is 18.6. The third-order valence-electron chi connectivity index (χ3n) is 4.74. The molecule has 0 fully saturated rings. The van der Waals surface area contributed by atoms with Crippen LogP contribution in [0.5, 0.6) is 5.75 Å². The number of aromatic nitrogens is 1. The number of amides is 2. The molecule has 4 N–H and O–H groups in total. The van der Waals surface area contributed by atoms with Gasteiger partial charge >= 0.3 is 0 Å². The van der Waals surface area contributed by atoms with Crippen molar-refractivity contribution in [3.63, 3.8) is 0 Å². The van der Waals surface area contributed by atoms with Gasteiger partial charge in [0.1, 0.15) is 5.75 Å². The fourth-order valence-electron chi connectivity index (χ4n) is 3.10. The third kappa shape index (κ3) is 6.78. The Labute approximate surface area is 227 Å². The van der Waals surface area contributed by atoms with E-state index in [1.165, 1.54) is 17.6 Å². The van der Waals surface area contributed by atoms with Crippen molar-refractivity contribution in [2.45, 2.75) is 0 Å². The maximum Gasteiger partial charge on any atom is 0.271 e. The molecule has 0 saturated heterocycles. The number of benzene rings is 3. The van der Waals surface area contributed by atoms with Gasteiger partial charge in [-0.05, 0) is 52.3 Å². The summed E-state index contributed by atoms with van der Waals surface area (Å²) in [7, 11) is 0. The monoisotopic (exact) mass is 627 g/mol.